The minimum atomic E-state index is -1.30. The third-order valence-electron chi connectivity index (χ3n) is 5.93. The summed E-state index contributed by atoms with van der Waals surface area (Å²) in [5, 5.41) is 13.7. The van der Waals surface area contributed by atoms with Crippen LogP contribution in [0.3, 0.4) is 0 Å². The van der Waals surface area contributed by atoms with Crippen LogP contribution in [0, 0.1) is 0 Å². The van der Waals surface area contributed by atoms with Gasteiger partial charge in [-0.25, -0.2) is 4.79 Å². The zero-order valence-corrected chi connectivity index (χ0v) is 17.2. The van der Waals surface area contributed by atoms with Crippen molar-refractivity contribution in [3.63, 3.8) is 0 Å². The quantitative estimate of drug-likeness (QED) is 0.339. The monoisotopic (exact) mass is 396 g/mol. The Balaban J connectivity index is 1.93. The van der Waals surface area contributed by atoms with E-state index in [1.54, 1.807) is 0 Å². The minimum Gasteiger partial charge on any atom is -0.395 e. The number of nitrogens with one attached hydrogen (secondary N) is 2. The van der Waals surface area contributed by atoms with Gasteiger partial charge in [-0.2, -0.15) is 0 Å². The van der Waals surface area contributed by atoms with Gasteiger partial charge >= 0.3 is 6.03 Å². The third-order valence-corrected chi connectivity index (χ3v) is 5.93. The molecule has 2 aliphatic rings. The number of carbonyl (C=O) groups excluding carboxylic acids is 3. The zero-order chi connectivity index (χ0) is 20.4. The standard InChI is InChI=1S/C20H36N4O4/c1-2-3-4-5-6-7-8-9-10-20(17(26)21-19(28)22-18(20)27)24-13-11-23(12-14-24)15-16-25/h25H,2-16H2,1H3,(H2,21,22,26,27,28). The highest BCUT2D eigenvalue weighted by atomic mass is 16.3. The van der Waals surface area contributed by atoms with Gasteiger partial charge in [0, 0.05) is 32.7 Å². The van der Waals surface area contributed by atoms with E-state index in [0.29, 0.717) is 39.1 Å². The number of nitrogens with zero attached hydrogens (tertiary/aromatic N) is 2. The molecule has 0 aromatic rings. The maximum Gasteiger partial charge on any atom is 0.328 e. The lowest BCUT2D eigenvalue weighted by atomic mass is 9.85. The van der Waals surface area contributed by atoms with Crippen molar-refractivity contribution in [2.45, 2.75) is 70.3 Å². The molecule has 0 atom stereocenters. The molecule has 0 radical (unpaired) electrons. The molecule has 2 rings (SSSR count). The maximum absolute atomic E-state index is 12.8. The van der Waals surface area contributed by atoms with Gasteiger partial charge in [-0.1, -0.05) is 58.3 Å². The number of amides is 4. The summed E-state index contributed by atoms with van der Waals surface area (Å²) in [5.41, 5.74) is -1.30. The average molecular weight is 397 g/mol. The van der Waals surface area contributed by atoms with E-state index >= 15 is 0 Å². The number of hydrogen-bond donors (Lipinski definition) is 3. The molecule has 0 spiro atoms. The Hall–Kier alpha value is -1.51. The molecule has 4 amide bonds. The van der Waals surface area contributed by atoms with Gasteiger partial charge in [0.2, 0.25) is 0 Å². The van der Waals surface area contributed by atoms with E-state index in [0.717, 1.165) is 19.3 Å². The molecule has 8 heteroatoms. The first kappa shape index (κ1) is 22.8. The van der Waals surface area contributed by atoms with E-state index in [4.69, 9.17) is 5.11 Å². The number of imide groups is 2. The van der Waals surface area contributed by atoms with Gasteiger partial charge < -0.3 is 5.11 Å². The summed E-state index contributed by atoms with van der Waals surface area (Å²) in [6.45, 7) is 5.39. The Bertz CT molecular complexity index is 512. The van der Waals surface area contributed by atoms with E-state index in [2.05, 4.69) is 22.5 Å². The number of piperazine rings is 1. The summed E-state index contributed by atoms with van der Waals surface area (Å²) in [6, 6.07) is -0.736. The largest absolute Gasteiger partial charge is 0.395 e. The van der Waals surface area contributed by atoms with Crippen LogP contribution >= 0.6 is 0 Å². The molecule has 0 aromatic carbocycles. The van der Waals surface area contributed by atoms with Gasteiger partial charge in [0.15, 0.2) is 5.54 Å². The van der Waals surface area contributed by atoms with E-state index in [1.807, 2.05) is 4.90 Å². The number of unbranched alkanes of at least 4 members (excludes halogenated alkanes) is 7. The molecule has 2 heterocycles. The van der Waals surface area contributed by atoms with Gasteiger partial charge in [-0.3, -0.25) is 30.0 Å². The Morgan fingerprint density at radius 1 is 0.857 bits per heavy atom. The van der Waals surface area contributed by atoms with Gasteiger partial charge in [0.25, 0.3) is 11.8 Å². The number of aliphatic hydroxyl groups is 1. The molecular weight excluding hydrogens is 360 g/mol. The van der Waals surface area contributed by atoms with Crippen molar-refractivity contribution in [2.75, 3.05) is 39.3 Å². The topological polar surface area (TPSA) is 102 Å². The summed E-state index contributed by atoms with van der Waals surface area (Å²) < 4.78 is 0. The molecular formula is C20H36N4O4. The molecule has 0 saturated carbocycles. The van der Waals surface area contributed by atoms with Crippen LogP contribution in [0.1, 0.15) is 64.7 Å². The number of rotatable bonds is 12. The van der Waals surface area contributed by atoms with Crippen LogP contribution in [0.5, 0.6) is 0 Å². The molecule has 0 unspecified atom stereocenters. The summed E-state index contributed by atoms with van der Waals surface area (Å²) in [4.78, 5) is 41.2. The van der Waals surface area contributed by atoms with Crippen LogP contribution in [0.25, 0.3) is 0 Å². The van der Waals surface area contributed by atoms with Crippen LogP contribution in [0.2, 0.25) is 0 Å². The van der Waals surface area contributed by atoms with Crippen molar-refractivity contribution in [2.24, 2.45) is 0 Å². The molecule has 0 bridgehead atoms. The summed E-state index contributed by atoms with van der Waals surface area (Å²) in [7, 11) is 0. The molecule has 0 aliphatic carbocycles. The number of aliphatic hydroxyl groups excluding tert-OH is 1. The fourth-order valence-electron chi connectivity index (χ4n) is 4.23. The van der Waals surface area contributed by atoms with Crippen LogP contribution < -0.4 is 10.6 Å². The number of urea groups is 1. The molecule has 2 fully saturated rings. The van der Waals surface area contributed by atoms with Crippen molar-refractivity contribution < 1.29 is 19.5 Å². The number of hydrogen-bond acceptors (Lipinski definition) is 6. The fraction of sp³-hybridized carbons (Fsp3) is 0.850. The number of barbiturate groups is 1. The van der Waals surface area contributed by atoms with Crippen LogP contribution in [-0.2, 0) is 9.59 Å². The lowest BCUT2D eigenvalue weighted by Crippen LogP contribution is -2.74. The number of β-amino-alcohol motifs (C(OH)–C–C–N with tert-alkyl or cyclic N) is 1. The highest BCUT2D eigenvalue weighted by Gasteiger charge is 2.54. The summed E-state index contributed by atoms with van der Waals surface area (Å²) >= 11 is 0. The Labute approximate surface area is 168 Å². The van der Waals surface area contributed by atoms with Gasteiger partial charge in [-0.15, -0.1) is 0 Å². The predicted octanol–water partition coefficient (Wildman–Crippen LogP) is 1.23. The Morgan fingerprint density at radius 3 is 1.93 bits per heavy atom. The lowest BCUT2D eigenvalue weighted by Gasteiger charge is -2.46. The lowest BCUT2D eigenvalue weighted by molar-refractivity contribution is -0.150. The van der Waals surface area contributed by atoms with E-state index in [-0.39, 0.29) is 6.61 Å². The van der Waals surface area contributed by atoms with Gasteiger partial charge in [0.05, 0.1) is 6.61 Å². The average Bonchev–Trinajstić information content (AvgIpc) is 2.67. The summed E-state index contributed by atoms with van der Waals surface area (Å²) in [5.74, 6) is -1.00. The second-order valence-corrected chi connectivity index (χ2v) is 7.87. The van der Waals surface area contributed by atoms with Crippen molar-refractivity contribution in [3.05, 3.63) is 0 Å². The molecule has 8 nitrogen and oxygen atoms in total. The van der Waals surface area contributed by atoms with Crippen LogP contribution in [0.4, 0.5) is 4.79 Å². The first-order valence-corrected chi connectivity index (χ1v) is 10.8. The Kier molecular flexibility index (Phi) is 9.34. The minimum absolute atomic E-state index is 0.0961. The summed E-state index contributed by atoms with van der Waals surface area (Å²) in [6.07, 6.45) is 9.49. The van der Waals surface area contributed by atoms with Crippen molar-refractivity contribution in [1.82, 2.24) is 20.4 Å². The molecule has 28 heavy (non-hydrogen) atoms. The first-order chi connectivity index (χ1) is 13.5. The van der Waals surface area contributed by atoms with Crippen LogP contribution in [0.15, 0.2) is 0 Å². The van der Waals surface area contributed by atoms with Gasteiger partial charge in [-0.05, 0) is 6.42 Å². The number of carbonyl (C=O) groups is 3. The smallest absolute Gasteiger partial charge is 0.328 e. The third kappa shape index (κ3) is 5.75. The van der Waals surface area contributed by atoms with Gasteiger partial charge in [0.1, 0.15) is 0 Å². The van der Waals surface area contributed by atoms with Crippen molar-refractivity contribution in [3.8, 4) is 0 Å². The molecule has 160 valence electrons. The van der Waals surface area contributed by atoms with Crippen molar-refractivity contribution in [1.29, 1.82) is 0 Å². The molecule has 0 aromatic heterocycles. The molecule has 2 saturated heterocycles. The SMILES string of the molecule is CCCCCCCCCCC1(N2CCN(CCO)CC2)C(=O)NC(=O)NC1=O. The van der Waals surface area contributed by atoms with Crippen molar-refractivity contribution >= 4 is 17.8 Å². The molecule has 3 N–H and O–H groups in total. The highest BCUT2D eigenvalue weighted by molar-refractivity contribution is 6.22. The Morgan fingerprint density at radius 2 is 1.39 bits per heavy atom. The van der Waals surface area contributed by atoms with Crippen LogP contribution in [-0.4, -0.2) is 77.6 Å². The fourth-order valence-corrected chi connectivity index (χ4v) is 4.23. The highest BCUT2D eigenvalue weighted by Crippen LogP contribution is 2.28. The first-order valence-electron chi connectivity index (χ1n) is 10.8. The normalized spacial score (nSPS) is 20.9. The van der Waals surface area contributed by atoms with E-state index in [1.165, 1.54) is 32.1 Å². The van der Waals surface area contributed by atoms with E-state index in [9.17, 15) is 14.4 Å². The second kappa shape index (κ2) is 11.5. The maximum atomic E-state index is 12.8. The molecule has 2 aliphatic heterocycles. The predicted molar refractivity (Wildman–Crippen MR) is 107 cm³/mol. The zero-order valence-electron chi connectivity index (χ0n) is 17.2. The van der Waals surface area contributed by atoms with E-state index < -0.39 is 23.4 Å². The second-order valence-electron chi connectivity index (χ2n) is 7.87.